The van der Waals surface area contributed by atoms with Gasteiger partial charge in [0, 0.05) is 38.2 Å². The molecule has 0 saturated carbocycles. The Morgan fingerprint density at radius 2 is 1.00 bits per heavy atom. The van der Waals surface area contributed by atoms with E-state index in [1.54, 1.807) is 0 Å². The van der Waals surface area contributed by atoms with Gasteiger partial charge < -0.3 is 4.57 Å². The van der Waals surface area contributed by atoms with Crippen LogP contribution in [0.5, 0.6) is 0 Å². The van der Waals surface area contributed by atoms with Gasteiger partial charge in [-0.2, -0.15) is 0 Å². The second kappa shape index (κ2) is 9.50. The van der Waals surface area contributed by atoms with Crippen LogP contribution in [0.15, 0.2) is 158 Å². The first-order chi connectivity index (χ1) is 23.8. The summed E-state index contributed by atoms with van der Waals surface area (Å²) in [5.74, 6) is 0.694. The van der Waals surface area contributed by atoms with Crippen molar-refractivity contribution in [2.24, 2.45) is 0 Å². The Balaban J connectivity index is 1.14. The van der Waals surface area contributed by atoms with Crippen molar-refractivity contribution >= 4 is 54.5 Å². The Morgan fingerprint density at radius 1 is 0.375 bits per heavy atom. The predicted octanol–water partition coefficient (Wildman–Crippen LogP) is 11.1. The minimum atomic E-state index is 0.694. The van der Waals surface area contributed by atoms with E-state index in [0.717, 1.165) is 33.3 Å². The number of benzene rings is 7. The highest BCUT2D eigenvalue weighted by molar-refractivity contribution is 6.14. The van der Waals surface area contributed by atoms with E-state index in [4.69, 9.17) is 9.97 Å². The second-order valence-corrected chi connectivity index (χ2v) is 12.6. The van der Waals surface area contributed by atoms with E-state index in [9.17, 15) is 0 Å². The van der Waals surface area contributed by atoms with E-state index >= 15 is 0 Å². The molecule has 0 amide bonds. The second-order valence-electron chi connectivity index (χ2n) is 12.6. The van der Waals surface area contributed by atoms with Crippen LogP contribution in [0.1, 0.15) is 0 Å². The first-order valence-electron chi connectivity index (χ1n) is 16.3. The molecule has 3 heterocycles. The largest absolute Gasteiger partial charge is 0.309 e. The number of hydrogen-bond acceptors (Lipinski definition) is 2. The van der Waals surface area contributed by atoms with Crippen molar-refractivity contribution in [1.29, 1.82) is 0 Å². The average Bonchev–Trinajstić information content (AvgIpc) is 3.78. The molecule has 11 rings (SSSR count). The van der Waals surface area contributed by atoms with Crippen molar-refractivity contribution in [3.05, 3.63) is 158 Å². The van der Waals surface area contributed by atoms with Crippen molar-refractivity contribution in [2.45, 2.75) is 0 Å². The maximum absolute atomic E-state index is 5.28. The van der Waals surface area contributed by atoms with E-state index < -0.39 is 0 Å². The molecule has 222 valence electrons. The monoisotopic (exact) mass is 610 g/mol. The highest BCUT2D eigenvalue weighted by Crippen LogP contribution is 2.46. The molecular formula is C44H26N4. The van der Waals surface area contributed by atoms with Crippen molar-refractivity contribution in [2.75, 3.05) is 0 Å². The molecule has 48 heavy (non-hydrogen) atoms. The quantitative estimate of drug-likeness (QED) is 0.199. The number of rotatable bonds is 3. The molecule has 7 aromatic carbocycles. The molecule has 1 aliphatic carbocycles. The van der Waals surface area contributed by atoms with Crippen LogP contribution in [0, 0.1) is 0 Å². The number of para-hydroxylation sites is 3. The first-order valence-corrected chi connectivity index (χ1v) is 16.3. The Morgan fingerprint density at radius 3 is 1.85 bits per heavy atom. The summed E-state index contributed by atoms with van der Waals surface area (Å²) in [6, 6.07) is 56.5. The fraction of sp³-hybridized carbons (Fsp3) is 0. The van der Waals surface area contributed by atoms with Crippen molar-refractivity contribution < 1.29 is 0 Å². The fourth-order valence-electron chi connectivity index (χ4n) is 7.99. The predicted molar refractivity (Wildman–Crippen MR) is 198 cm³/mol. The molecule has 0 aliphatic heterocycles. The van der Waals surface area contributed by atoms with Gasteiger partial charge in [-0.15, -0.1) is 0 Å². The van der Waals surface area contributed by atoms with Crippen molar-refractivity contribution in [3.63, 3.8) is 0 Å². The zero-order valence-electron chi connectivity index (χ0n) is 25.8. The summed E-state index contributed by atoms with van der Waals surface area (Å²) >= 11 is 0. The molecule has 4 heteroatoms. The van der Waals surface area contributed by atoms with Crippen LogP contribution in [0.3, 0.4) is 0 Å². The van der Waals surface area contributed by atoms with Gasteiger partial charge in [-0.3, -0.25) is 4.57 Å². The zero-order valence-corrected chi connectivity index (χ0v) is 25.8. The highest BCUT2D eigenvalue weighted by atomic mass is 15.2. The maximum atomic E-state index is 5.28. The molecular weight excluding hydrogens is 585 g/mol. The van der Waals surface area contributed by atoms with Crippen LogP contribution >= 0.6 is 0 Å². The SMILES string of the molecule is c1ccc(-n2c3ccccc3c3ccc(-c4ccc5c(c4)c4ccccc4n5-c4nc5c6c(cccc6n4)-c4ccccc4-5)cc32)cc1. The number of aromatic nitrogens is 4. The van der Waals surface area contributed by atoms with E-state index in [1.807, 2.05) is 0 Å². The molecule has 0 N–H and O–H groups in total. The summed E-state index contributed by atoms with van der Waals surface area (Å²) in [7, 11) is 0. The van der Waals surface area contributed by atoms with Crippen LogP contribution in [0.25, 0.3) is 99.7 Å². The average molecular weight is 611 g/mol. The normalized spacial score (nSPS) is 12.2. The van der Waals surface area contributed by atoms with Gasteiger partial charge in [-0.1, -0.05) is 109 Å². The molecule has 0 unspecified atom stereocenters. The van der Waals surface area contributed by atoms with Crippen molar-refractivity contribution in [1.82, 2.24) is 19.1 Å². The molecule has 0 atom stereocenters. The molecule has 4 nitrogen and oxygen atoms in total. The van der Waals surface area contributed by atoms with Crippen LogP contribution in [0.4, 0.5) is 0 Å². The summed E-state index contributed by atoms with van der Waals surface area (Å²) in [6.45, 7) is 0. The van der Waals surface area contributed by atoms with Gasteiger partial charge in [0.25, 0.3) is 0 Å². The van der Waals surface area contributed by atoms with Gasteiger partial charge >= 0.3 is 0 Å². The van der Waals surface area contributed by atoms with E-state index in [2.05, 4.69) is 167 Å². The standard InChI is InChI=1S/C44H26N4/c1-2-11-29(12-3-1)47-38-19-8-6-14-31(38)33-23-21-28(26-41(33)47)27-22-24-40-36(25-27)32-15-7-9-20-39(32)48(40)44-45-37-18-10-17-34-30-13-4-5-16-35(30)43(46-44)42(34)37/h1-26H. The maximum Gasteiger partial charge on any atom is 0.235 e. The minimum Gasteiger partial charge on any atom is -0.309 e. The number of fused-ring (bicyclic) bond motifs is 9. The van der Waals surface area contributed by atoms with Gasteiger partial charge in [-0.05, 0) is 70.8 Å². The molecule has 0 saturated heterocycles. The fourth-order valence-corrected chi connectivity index (χ4v) is 7.99. The molecule has 10 aromatic rings. The Kier molecular flexibility index (Phi) is 5.08. The molecule has 0 radical (unpaired) electrons. The Bertz CT molecular complexity index is 2950. The lowest BCUT2D eigenvalue weighted by Crippen LogP contribution is -2.02. The van der Waals surface area contributed by atoms with E-state index in [0.29, 0.717) is 5.95 Å². The molecule has 0 spiro atoms. The Hall–Kier alpha value is -6.52. The topological polar surface area (TPSA) is 35.6 Å². The van der Waals surface area contributed by atoms with Crippen molar-refractivity contribution in [3.8, 4) is 45.1 Å². The lowest BCUT2D eigenvalue weighted by atomic mass is 10.0. The summed E-state index contributed by atoms with van der Waals surface area (Å²) in [5, 5.41) is 6.01. The van der Waals surface area contributed by atoms with E-state index in [1.165, 1.54) is 60.4 Å². The first kappa shape index (κ1) is 25.6. The Labute approximate surface area is 275 Å². The van der Waals surface area contributed by atoms with E-state index in [-0.39, 0.29) is 0 Å². The van der Waals surface area contributed by atoms with Gasteiger partial charge in [0.05, 0.1) is 33.3 Å². The van der Waals surface area contributed by atoms with Gasteiger partial charge in [0.15, 0.2) is 0 Å². The summed E-state index contributed by atoms with van der Waals surface area (Å²) < 4.78 is 4.61. The van der Waals surface area contributed by atoms with Crippen LogP contribution in [-0.2, 0) is 0 Å². The molecule has 0 fully saturated rings. The summed E-state index contributed by atoms with van der Waals surface area (Å²) in [5.41, 5.74) is 13.7. The highest BCUT2D eigenvalue weighted by Gasteiger charge is 2.25. The number of hydrogen-bond donors (Lipinski definition) is 0. The molecule has 0 bridgehead atoms. The molecule has 1 aliphatic rings. The zero-order chi connectivity index (χ0) is 31.3. The number of nitrogens with zero attached hydrogens (tertiary/aromatic N) is 4. The van der Waals surface area contributed by atoms with Crippen LogP contribution < -0.4 is 0 Å². The lowest BCUT2D eigenvalue weighted by Gasteiger charge is -2.10. The lowest BCUT2D eigenvalue weighted by molar-refractivity contribution is 1.02. The summed E-state index contributed by atoms with van der Waals surface area (Å²) in [6.07, 6.45) is 0. The van der Waals surface area contributed by atoms with Gasteiger partial charge in [0.2, 0.25) is 5.95 Å². The van der Waals surface area contributed by atoms with Crippen LogP contribution in [0.2, 0.25) is 0 Å². The third kappa shape index (κ3) is 3.43. The van der Waals surface area contributed by atoms with Crippen LogP contribution in [-0.4, -0.2) is 19.1 Å². The summed E-state index contributed by atoms with van der Waals surface area (Å²) in [4.78, 5) is 10.5. The smallest absolute Gasteiger partial charge is 0.235 e. The third-order valence-corrected chi connectivity index (χ3v) is 10.1. The van der Waals surface area contributed by atoms with Gasteiger partial charge in [-0.25, -0.2) is 9.97 Å². The van der Waals surface area contributed by atoms with Gasteiger partial charge in [0.1, 0.15) is 0 Å². The third-order valence-electron chi connectivity index (χ3n) is 10.1. The minimum absolute atomic E-state index is 0.694. The molecule has 3 aromatic heterocycles.